The molecule has 1 aliphatic heterocycles. The molecule has 13 heteroatoms. The molecule has 0 bridgehead atoms. The van der Waals surface area contributed by atoms with Gasteiger partial charge in [0.25, 0.3) is 0 Å². The SMILES string of the molecule is CCC(=O)CCCC/C(=N\OS(=O)(=O)O)S[C@H]1O[C@H](CO)[C@@H](O)[C@@H](O)[C@H]1O. The Hall–Kier alpha value is -0.800. The molecule has 1 aliphatic rings. The summed E-state index contributed by atoms with van der Waals surface area (Å²) in [7, 11) is -4.84. The van der Waals surface area contributed by atoms with E-state index in [0.29, 0.717) is 37.4 Å². The molecule has 1 fully saturated rings. The lowest BCUT2D eigenvalue weighted by Crippen LogP contribution is -2.57. The topological polar surface area (TPSA) is 183 Å². The number of unbranched alkanes of at least 4 members (excludes halogenated alkanes) is 1. The third-order valence-corrected chi connectivity index (χ3v) is 5.26. The van der Waals surface area contributed by atoms with Crippen molar-refractivity contribution in [3.05, 3.63) is 0 Å². The highest BCUT2D eigenvalue weighted by Gasteiger charge is 2.44. The van der Waals surface area contributed by atoms with Crippen molar-refractivity contribution in [1.82, 2.24) is 0 Å². The van der Waals surface area contributed by atoms with Crippen LogP contribution >= 0.6 is 11.8 Å². The summed E-state index contributed by atoms with van der Waals surface area (Å²) < 4.78 is 39.4. The Kier molecular flexibility index (Phi) is 10.1. The molecule has 5 atom stereocenters. The molecule has 0 aliphatic carbocycles. The zero-order valence-corrected chi connectivity index (χ0v) is 16.3. The number of aliphatic hydroxyl groups is 4. The molecule has 0 unspecified atom stereocenters. The maximum absolute atomic E-state index is 11.3. The van der Waals surface area contributed by atoms with Gasteiger partial charge in [-0.15, -0.1) is 0 Å². The van der Waals surface area contributed by atoms with Crippen molar-refractivity contribution in [2.75, 3.05) is 6.61 Å². The van der Waals surface area contributed by atoms with E-state index in [1.807, 2.05) is 0 Å². The van der Waals surface area contributed by atoms with Gasteiger partial charge in [-0.05, 0) is 19.3 Å². The Morgan fingerprint density at radius 3 is 2.33 bits per heavy atom. The first-order valence-electron chi connectivity index (χ1n) is 8.30. The van der Waals surface area contributed by atoms with Crippen LogP contribution in [0.3, 0.4) is 0 Å². The van der Waals surface area contributed by atoms with E-state index in [1.165, 1.54) is 0 Å². The number of ketones is 1. The predicted octanol–water partition coefficient (Wildman–Crippen LogP) is -0.808. The molecule has 0 aromatic rings. The van der Waals surface area contributed by atoms with Crippen molar-refractivity contribution < 1.29 is 47.2 Å². The van der Waals surface area contributed by atoms with E-state index in [4.69, 9.17) is 9.29 Å². The number of hydrogen-bond acceptors (Lipinski definition) is 11. The number of carbonyl (C=O) groups is 1. The summed E-state index contributed by atoms with van der Waals surface area (Å²) in [6.45, 7) is 1.12. The minimum atomic E-state index is -4.84. The number of nitrogens with zero attached hydrogens (tertiary/aromatic N) is 1. The summed E-state index contributed by atoms with van der Waals surface area (Å²) >= 11 is 0.714. The Labute approximate surface area is 161 Å². The highest BCUT2D eigenvalue weighted by atomic mass is 32.3. The van der Waals surface area contributed by atoms with Crippen molar-refractivity contribution in [2.24, 2.45) is 5.16 Å². The van der Waals surface area contributed by atoms with Crippen LogP contribution in [-0.4, -0.2) is 80.7 Å². The first-order chi connectivity index (χ1) is 12.6. The van der Waals surface area contributed by atoms with Crippen molar-refractivity contribution in [3.8, 4) is 0 Å². The van der Waals surface area contributed by atoms with E-state index in [2.05, 4.69) is 9.44 Å². The lowest BCUT2D eigenvalue weighted by atomic mass is 10.0. The molecule has 0 saturated carbocycles. The van der Waals surface area contributed by atoms with E-state index in [0.717, 1.165) is 0 Å². The molecule has 11 nitrogen and oxygen atoms in total. The minimum Gasteiger partial charge on any atom is -0.394 e. The molecule has 0 spiro atoms. The number of oxime groups is 1. The van der Waals surface area contributed by atoms with E-state index in [-0.39, 0.29) is 17.2 Å². The minimum absolute atomic E-state index is 0.0147. The number of thioether (sulfide) groups is 1. The lowest BCUT2D eigenvalue weighted by Gasteiger charge is -2.39. The van der Waals surface area contributed by atoms with Crippen LogP contribution in [0.15, 0.2) is 5.16 Å². The van der Waals surface area contributed by atoms with Crippen LogP contribution in [0.4, 0.5) is 0 Å². The number of aliphatic hydroxyl groups excluding tert-OH is 4. The molecule has 1 saturated heterocycles. The van der Waals surface area contributed by atoms with E-state index >= 15 is 0 Å². The number of hydrogen-bond donors (Lipinski definition) is 5. The standard InChI is InChI=1S/C14H25NO10S2/c1-2-8(17)5-3-4-6-10(15-25-27(21,22)23)26-14-13(20)12(19)11(18)9(7-16)24-14/h9,11-14,16,18-20H,2-7H2,1H3,(H,21,22,23)/b15-10+/t9-,11-,12-,13-,14-/m1/s1. The first kappa shape index (κ1) is 24.2. The summed E-state index contributed by atoms with van der Waals surface area (Å²) in [6, 6.07) is 0. The molecule has 1 heterocycles. The second-order valence-corrected chi connectivity index (χ2v) is 8.08. The summed E-state index contributed by atoms with van der Waals surface area (Å²) in [5.41, 5.74) is -1.18. The molecular formula is C14H25NO10S2. The van der Waals surface area contributed by atoms with Gasteiger partial charge in [0.2, 0.25) is 0 Å². The quantitative estimate of drug-likeness (QED) is 0.0958. The molecule has 27 heavy (non-hydrogen) atoms. The van der Waals surface area contributed by atoms with Crippen LogP contribution in [0.2, 0.25) is 0 Å². The van der Waals surface area contributed by atoms with Crippen molar-refractivity contribution in [1.29, 1.82) is 0 Å². The fourth-order valence-electron chi connectivity index (χ4n) is 2.29. The second kappa shape index (κ2) is 11.3. The van der Waals surface area contributed by atoms with Crippen LogP contribution < -0.4 is 0 Å². The van der Waals surface area contributed by atoms with Gasteiger partial charge in [0, 0.05) is 12.8 Å². The Balaban J connectivity index is 2.78. The molecule has 0 aromatic heterocycles. The fourth-order valence-corrected chi connectivity index (χ4v) is 3.63. The van der Waals surface area contributed by atoms with E-state index in [9.17, 15) is 33.6 Å². The first-order valence-corrected chi connectivity index (χ1v) is 10.5. The van der Waals surface area contributed by atoms with Gasteiger partial charge in [0.05, 0.1) is 6.61 Å². The highest BCUT2D eigenvalue weighted by Crippen LogP contribution is 2.30. The smallest absolute Gasteiger partial charge is 0.394 e. The maximum atomic E-state index is 11.3. The highest BCUT2D eigenvalue weighted by molar-refractivity contribution is 8.14. The number of Topliss-reactive ketones (excluding diaryl/α,β-unsaturated/α-hetero) is 1. The third kappa shape index (κ3) is 8.39. The van der Waals surface area contributed by atoms with Gasteiger partial charge >= 0.3 is 10.4 Å². The Bertz CT molecular complexity index is 609. The maximum Gasteiger partial charge on any atom is 0.466 e. The van der Waals surface area contributed by atoms with Crippen LogP contribution in [0, 0.1) is 0 Å². The Morgan fingerprint density at radius 1 is 1.15 bits per heavy atom. The molecule has 5 N–H and O–H groups in total. The van der Waals surface area contributed by atoms with Crippen LogP contribution in [0.5, 0.6) is 0 Å². The second-order valence-electron chi connectivity index (χ2n) is 5.90. The van der Waals surface area contributed by atoms with Gasteiger partial charge in [-0.2, -0.15) is 8.42 Å². The van der Waals surface area contributed by atoms with Crippen LogP contribution in [-0.2, 0) is 24.2 Å². The molecule has 0 radical (unpaired) electrons. The van der Waals surface area contributed by atoms with Gasteiger partial charge in [0.1, 0.15) is 40.7 Å². The zero-order valence-electron chi connectivity index (χ0n) is 14.7. The molecule has 1 rings (SSSR count). The van der Waals surface area contributed by atoms with Gasteiger partial charge in [0.15, 0.2) is 0 Å². The van der Waals surface area contributed by atoms with Crippen molar-refractivity contribution in [2.45, 2.75) is 68.9 Å². The van der Waals surface area contributed by atoms with Gasteiger partial charge in [-0.3, -0.25) is 9.35 Å². The van der Waals surface area contributed by atoms with Crippen LogP contribution in [0.25, 0.3) is 0 Å². The summed E-state index contributed by atoms with van der Waals surface area (Å²) in [5.74, 6) is 0.0734. The monoisotopic (exact) mass is 431 g/mol. The van der Waals surface area contributed by atoms with Gasteiger partial charge < -0.3 is 25.2 Å². The number of ether oxygens (including phenoxy) is 1. The number of carbonyl (C=O) groups excluding carboxylic acids is 1. The average Bonchev–Trinajstić information content (AvgIpc) is 2.62. The number of rotatable bonds is 10. The summed E-state index contributed by atoms with van der Waals surface area (Å²) in [6.07, 6.45) is -3.98. The molecule has 0 aromatic carbocycles. The molecule has 158 valence electrons. The van der Waals surface area contributed by atoms with E-state index < -0.39 is 46.9 Å². The lowest BCUT2D eigenvalue weighted by molar-refractivity contribution is -0.205. The van der Waals surface area contributed by atoms with E-state index in [1.54, 1.807) is 6.92 Å². The molecular weight excluding hydrogens is 406 g/mol. The Morgan fingerprint density at radius 2 is 1.78 bits per heavy atom. The third-order valence-electron chi connectivity index (χ3n) is 3.82. The molecule has 0 amide bonds. The van der Waals surface area contributed by atoms with Gasteiger partial charge in [-0.25, -0.2) is 4.28 Å². The fraction of sp³-hybridized carbons (Fsp3) is 0.857. The largest absolute Gasteiger partial charge is 0.466 e. The predicted molar refractivity (Wildman–Crippen MR) is 95.2 cm³/mol. The van der Waals surface area contributed by atoms with Crippen molar-refractivity contribution in [3.63, 3.8) is 0 Å². The average molecular weight is 431 g/mol. The normalized spacial score (nSPS) is 29.6. The van der Waals surface area contributed by atoms with Crippen LogP contribution in [0.1, 0.15) is 39.0 Å². The summed E-state index contributed by atoms with van der Waals surface area (Å²) in [4.78, 5) is 11.3. The van der Waals surface area contributed by atoms with Crippen molar-refractivity contribution >= 4 is 33.0 Å². The summed E-state index contributed by atoms with van der Waals surface area (Å²) in [5, 5.41) is 42.1. The zero-order chi connectivity index (χ0) is 20.6. The van der Waals surface area contributed by atoms with Gasteiger partial charge in [-0.1, -0.05) is 23.8 Å².